The Kier molecular flexibility index (Phi) is 7.38. The highest BCUT2D eigenvalue weighted by Crippen LogP contribution is 1.99. The molecule has 0 fully saturated rings. The van der Waals surface area contributed by atoms with Crippen LogP contribution in [0.25, 0.3) is 0 Å². The van der Waals surface area contributed by atoms with Gasteiger partial charge in [-0.1, -0.05) is 25.6 Å². The molecule has 0 bridgehead atoms. The summed E-state index contributed by atoms with van der Waals surface area (Å²) in [5.41, 5.74) is 3.14. The van der Waals surface area contributed by atoms with Gasteiger partial charge in [0.25, 0.3) is 0 Å². The summed E-state index contributed by atoms with van der Waals surface area (Å²) >= 11 is 1.64. The van der Waals surface area contributed by atoms with Crippen LogP contribution in [0.5, 0.6) is 0 Å². The number of thioether (sulfide) groups is 1. The van der Waals surface area contributed by atoms with E-state index in [0.29, 0.717) is 19.0 Å². The molecule has 0 amide bonds. The number of hydrogen-bond donors (Lipinski definition) is 1. The molecule has 4 heteroatoms. The van der Waals surface area contributed by atoms with Crippen molar-refractivity contribution in [2.24, 2.45) is 0 Å². The van der Waals surface area contributed by atoms with Crippen LogP contribution < -0.4 is 0 Å². The Bertz CT molecular complexity index is 202. The van der Waals surface area contributed by atoms with Gasteiger partial charge in [-0.2, -0.15) is 0 Å². The van der Waals surface area contributed by atoms with Crippen molar-refractivity contribution in [3.63, 3.8) is 0 Å². The molecule has 0 saturated carbocycles. The molecular weight excluding hydrogens is 212 g/mol. The van der Waals surface area contributed by atoms with E-state index in [0.717, 1.165) is 0 Å². The first kappa shape index (κ1) is 14.0. The first-order valence-electron chi connectivity index (χ1n) is 4.73. The third kappa shape index (κ3) is 10.1. The molecule has 82 valence electrons. The molecule has 0 aromatic heterocycles. The fourth-order valence-corrected chi connectivity index (χ4v) is 1.59. The molecule has 0 spiro atoms. The van der Waals surface area contributed by atoms with Crippen molar-refractivity contribution in [2.45, 2.75) is 32.2 Å². The summed E-state index contributed by atoms with van der Waals surface area (Å²) in [6.07, 6.45) is 2.07. The summed E-state index contributed by atoms with van der Waals surface area (Å²) in [6, 6.07) is 0. The predicted molar refractivity (Wildman–Crippen MR) is 66.1 cm³/mol. The molecule has 0 aromatic rings. The lowest BCUT2D eigenvalue weighted by molar-refractivity contribution is 0.132. The van der Waals surface area contributed by atoms with Gasteiger partial charge in [-0.3, -0.25) is 0 Å². The Labute approximate surface area is 92.4 Å². The summed E-state index contributed by atoms with van der Waals surface area (Å²) < 4.78 is 5.23. The molecular formula is C10H20O2SSi. The summed E-state index contributed by atoms with van der Waals surface area (Å²) in [6.45, 7) is 7.08. The average molecular weight is 232 g/mol. The normalized spacial score (nSPS) is 13.2. The van der Waals surface area contributed by atoms with Gasteiger partial charge in [0, 0.05) is 6.42 Å². The lowest BCUT2D eigenvalue weighted by Gasteiger charge is -2.07. The fourth-order valence-electron chi connectivity index (χ4n) is 0.709. The molecule has 0 heterocycles. The van der Waals surface area contributed by atoms with Gasteiger partial charge in [0.2, 0.25) is 0 Å². The van der Waals surface area contributed by atoms with E-state index >= 15 is 0 Å². The van der Waals surface area contributed by atoms with E-state index in [2.05, 4.69) is 31.1 Å². The molecule has 0 saturated heterocycles. The molecule has 0 rings (SSSR count). The van der Waals surface area contributed by atoms with Gasteiger partial charge in [0.15, 0.2) is 0 Å². The Morgan fingerprint density at radius 3 is 2.57 bits per heavy atom. The molecule has 0 aliphatic carbocycles. The van der Waals surface area contributed by atoms with Crippen molar-refractivity contribution in [3.05, 3.63) is 0 Å². The van der Waals surface area contributed by atoms with Crippen molar-refractivity contribution in [1.82, 2.24) is 0 Å². The third-order valence-corrected chi connectivity index (χ3v) is 2.65. The zero-order valence-electron chi connectivity index (χ0n) is 9.46. The molecule has 0 radical (unpaired) electrons. The highest BCUT2D eigenvalue weighted by molar-refractivity contribution is 7.98. The van der Waals surface area contributed by atoms with Crippen LogP contribution in [0, 0.1) is 11.5 Å². The Morgan fingerprint density at radius 1 is 1.43 bits per heavy atom. The maximum atomic E-state index is 9.47. The Morgan fingerprint density at radius 2 is 2.07 bits per heavy atom. The quantitative estimate of drug-likeness (QED) is 0.340. The van der Waals surface area contributed by atoms with Gasteiger partial charge in [0.05, 0.1) is 12.5 Å². The van der Waals surface area contributed by atoms with Crippen LogP contribution >= 0.6 is 11.8 Å². The number of ether oxygens (including phenoxy) is 1. The summed E-state index contributed by atoms with van der Waals surface area (Å²) in [4.78, 5) is 0. The molecule has 1 N–H and O–H groups in total. The van der Waals surface area contributed by atoms with Crippen molar-refractivity contribution in [1.29, 1.82) is 0 Å². The molecule has 0 aliphatic heterocycles. The first-order valence-corrected chi connectivity index (χ1v) is 9.62. The monoisotopic (exact) mass is 232 g/mol. The minimum Gasteiger partial charge on any atom is -0.380 e. The van der Waals surface area contributed by atoms with Crippen LogP contribution in [-0.4, -0.2) is 38.1 Å². The minimum absolute atomic E-state index is 0.524. The van der Waals surface area contributed by atoms with Crippen LogP contribution in [0.1, 0.15) is 6.42 Å². The van der Waals surface area contributed by atoms with Crippen LogP contribution in [0.15, 0.2) is 0 Å². The zero-order chi connectivity index (χ0) is 11.0. The SMILES string of the molecule is CSCOCC[C@@H](O)C#C[Si](C)(C)C. The van der Waals surface area contributed by atoms with Gasteiger partial charge in [-0.25, -0.2) is 0 Å². The zero-order valence-corrected chi connectivity index (χ0v) is 11.3. The van der Waals surface area contributed by atoms with Gasteiger partial charge >= 0.3 is 0 Å². The molecule has 0 aromatic carbocycles. The van der Waals surface area contributed by atoms with Crippen LogP contribution in [0.4, 0.5) is 0 Å². The van der Waals surface area contributed by atoms with E-state index < -0.39 is 14.2 Å². The maximum Gasteiger partial charge on any atom is 0.129 e. The third-order valence-electron chi connectivity index (χ3n) is 1.35. The molecule has 1 atom stereocenters. The topological polar surface area (TPSA) is 29.5 Å². The average Bonchev–Trinajstić information content (AvgIpc) is 2.08. The summed E-state index contributed by atoms with van der Waals surface area (Å²) in [5, 5.41) is 9.47. The molecule has 0 aliphatic rings. The first-order chi connectivity index (χ1) is 6.45. The minimum atomic E-state index is -1.34. The second-order valence-corrected chi connectivity index (χ2v) is 9.70. The van der Waals surface area contributed by atoms with Crippen molar-refractivity contribution in [3.8, 4) is 11.5 Å². The largest absolute Gasteiger partial charge is 0.380 e. The molecule has 0 unspecified atom stereocenters. The van der Waals surface area contributed by atoms with Crippen LogP contribution in [0.2, 0.25) is 19.6 Å². The van der Waals surface area contributed by atoms with E-state index in [1.165, 1.54) is 0 Å². The lowest BCUT2D eigenvalue weighted by Crippen LogP contribution is -2.18. The van der Waals surface area contributed by atoms with E-state index in [-0.39, 0.29) is 0 Å². The van der Waals surface area contributed by atoms with Crippen LogP contribution in [-0.2, 0) is 4.74 Å². The van der Waals surface area contributed by atoms with E-state index in [4.69, 9.17) is 4.74 Å². The van der Waals surface area contributed by atoms with Crippen molar-refractivity contribution in [2.75, 3.05) is 18.8 Å². The Balaban J connectivity index is 3.63. The van der Waals surface area contributed by atoms with Gasteiger partial charge in [-0.05, 0) is 6.26 Å². The summed E-state index contributed by atoms with van der Waals surface area (Å²) in [5.74, 6) is 3.57. The standard InChI is InChI=1S/C10H20O2SSi/c1-13-9-12-7-5-10(11)6-8-14(2,3)4/h10-11H,5,7,9H2,1-4H3/t10-/m1/s1. The smallest absolute Gasteiger partial charge is 0.129 e. The lowest BCUT2D eigenvalue weighted by atomic mass is 10.3. The van der Waals surface area contributed by atoms with Gasteiger partial charge in [-0.15, -0.1) is 17.3 Å². The number of aliphatic hydroxyl groups excluding tert-OH is 1. The number of rotatable bonds is 5. The highest BCUT2D eigenvalue weighted by Gasteiger charge is 2.08. The molecule has 14 heavy (non-hydrogen) atoms. The van der Waals surface area contributed by atoms with E-state index in [9.17, 15) is 5.11 Å². The highest BCUT2D eigenvalue weighted by atomic mass is 32.2. The maximum absolute atomic E-state index is 9.47. The second kappa shape index (κ2) is 7.35. The summed E-state index contributed by atoms with van der Waals surface area (Å²) in [7, 11) is -1.34. The van der Waals surface area contributed by atoms with Crippen molar-refractivity contribution < 1.29 is 9.84 Å². The van der Waals surface area contributed by atoms with Gasteiger partial charge in [0.1, 0.15) is 14.2 Å². The van der Waals surface area contributed by atoms with E-state index in [1.54, 1.807) is 11.8 Å². The number of aliphatic hydroxyl groups is 1. The number of hydrogen-bond acceptors (Lipinski definition) is 3. The second-order valence-electron chi connectivity index (χ2n) is 4.14. The van der Waals surface area contributed by atoms with Crippen LogP contribution in [0.3, 0.4) is 0 Å². The predicted octanol–water partition coefficient (Wildman–Crippen LogP) is 1.96. The fraction of sp³-hybridized carbons (Fsp3) is 0.800. The molecule has 2 nitrogen and oxygen atoms in total. The Hall–Kier alpha value is 0.0469. The van der Waals surface area contributed by atoms with Crippen molar-refractivity contribution >= 4 is 19.8 Å². The van der Waals surface area contributed by atoms with Gasteiger partial charge < -0.3 is 9.84 Å². The van der Waals surface area contributed by atoms with E-state index in [1.807, 2.05) is 6.26 Å².